The summed E-state index contributed by atoms with van der Waals surface area (Å²) in [4.78, 5) is 40.1. The first-order valence-corrected chi connectivity index (χ1v) is 14.6. The average molecular weight is 510 g/mol. The Bertz CT molecular complexity index is 529. The summed E-state index contributed by atoms with van der Waals surface area (Å²) in [6.45, 7) is 3.81. The van der Waals surface area contributed by atoms with Crippen LogP contribution in [0.5, 0.6) is 0 Å². The van der Waals surface area contributed by atoms with E-state index in [1.807, 2.05) is 0 Å². The lowest BCUT2D eigenvalue weighted by Gasteiger charge is -2.19. The number of unbranched alkanes of at least 4 members (excludes halogenated alkanes) is 13. The quantitative estimate of drug-likeness (QED) is 0.0635. The highest BCUT2D eigenvalue weighted by atomic mass is 31.2. The molecule has 1 atom stereocenters. The molecule has 0 unspecified atom stereocenters. The van der Waals surface area contributed by atoms with Gasteiger partial charge in [-0.2, -0.15) is 0 Å². The van der Waals surface area contributed by atoms with E-state index >= 15 is 0 Å². The number of hydrogen-bond donors (Lipinski definition) is 3. The third-order valence-electron chi connectivity index (χ3n) is 5.52. The van der Waals surface area contributed by atoms with Crippen LogP contribution in [0.1, 0.15) is 110 Å². The first kappa shape index (κ1) is 33.0. The molecule has 0 amide bonds. The largest absolute Gasteiger partial charge is 0.469 e. The molecular formula is C24H48NO8P. The molecule has 0 saturated carbocycles. The Morgan fingerprint density at radius 2 is 1.44 bits per heavy atom. The summed E-state index contributed by atoms with van der Waals surface area (Å²) in [5.74, 6) is -0.359. The van der Waals surface area contributed by atoms with Crippen molar-refractivity contribution in [3.63, 3.8) is 0 Å². The van der Waals surface area contributed by atoms with E-state index in [-0.39, 0.29) is 19.1 Å². The molecule has 0 saturated heterocycles. The lowest BCUT2D eigenvalue weighted by Crippen LogP contribution is -2.35. The van der Waals surface area contributed by atoms with Crippen molar-refractivity contribution in [3.8, 4) is 0 Å². The Labute approximate surface area is 205 Å². The molecule has 3 N–H and O–H groups in total. The zero-order valence-electron chi connectivity index (χ0n) is 21.1. The molecule has 0 aromatic rings. The second-order valence-electron chi connectivity index (χ2n) is 8.77. The van der Waals surface area contributed by atoms with E-state index in [4.69, 9.17) is 14.5 Å². The van der Waals surface area contributed by atoms with Crippen molar-refractivity contribution in [1.82, 2.24) is 5.32 Å². The number of nitrogens with one attached hydrogen (secondary N) is 1. The Morgan fingerprint density at radius 3 is 2.03 bits per heavy atom. The van der Waals surface area contributed by atoms with Gasteiger partial charge in [-0.25, -0.2) is 4.57 Å². The Balaban J connectivity index is 3.94. The minimum Gasteiger partial charge on any atom is -0.468 e. The average Bonchev–Trinajstić information content (AvgIpc) is 2.79. The van der Waals surface area contributed by atoms with Gasteiger partial charge in [-0.1, -0.05) is 84.0 Å². The molecule has 0 rings (SSSR count). The highest BCUT2D eigenvalue weighted by Gasteiger charge is 2.21. The Morgan fingerprint density at radius 1 is 0.882 bits per heavy atom. The van der Waals surface area contributed by atoms with Crippen molar-refractivity contribution >= 4 is 20.3 Å². The van der Waals surface area contributed by atoms with Gasteiger partial charge in [-0.3, -0.25) is 14.1 Å². The first-order chi connectivity index (χ1) is 16.4. The summed E-state index contributed by atoms with van der Waals surface area (Å²) in [6.07, 6.45) is 16.0. The fourth-order valence-corrected chi connectivity index (χ4v) is 3.95. The van der Waals surface area contributed by atoms with Crippen molar-refractivity contribution < 1.29 is 37.9 Å². The molecule has 34 heavy (non-hydrogen) atoms. The second-order valence-corrected chi connectivity index (χ2v) is 10.0. The van der Waals surface area contributed by atoms with Gasteiger partial charge in [0.25, 0.3) is 6.47 Å². The predicted octanol–water partition coefficient (Wildman–Crippen LogP) is 5.03. The topological polar surface area (TPSA) is 131 Å². The van der Waals surface area contributed by atoms with E-state index in [2.05, 4.69) is 21.5 Å². The second kappa shape index (κ2) is 23.7. The minimum atomic E-state index is -4.62. The van der Waals surface area contributed by atoms with Gasteiger partial charge in [0.1, 0.15) is 6.10 Å². The van der Waals surface area contributed by atoms with Crippen LogP contribution in [0.3, 0.4) is 0 Å². The highest BCUT2D eigenvalue weighted by molar-refractivity contribution is 7.46. The number of phosphoric acid groups is 1. The molecular weight excluding hydrogens is 461 g/mol. The van der Waals surface area contributed by atoms with Crippen LogP contribution in [0.2, 0.25) is 0 Å². The standard InChI is InChI=1S/C24H48NO8P/c1-2-3-4-5-6-7-8-11-14-17-24(27)33-23(21-32-34(28,29)30)20-25-18-15-12-9-10-13-16-19-31-22-26/h22-23,25H,2-21H2,1H3,(H2,28,29,30)/t23-/m0/s1. The predicted molar refractivity (Wildman–Crippen MR) is 132 cm³/mol. The number of phosphoric ester groups is 1. The molecule has 0 heterocycles. The van der Waals surface area contributed by atoms with Crippen LogP contribution in [0.15, 0.2) is 0 Å². The molecule has 0 aliphatic heterocycles. The Kier molecular flexibility index (Phi) is 23.0. The summed E-state index contributed by atoms with van der Waals surface area (Å²) in [5.41, 5.74) is 0. The summed E-state index contributed by atoms with van der Waals surface area (Å²) in [5, 5.41) is 3.18. The van der Waals surface area contributed by atoms with Gasteiger partial charge in [0.2, 0.25) is 0 Å². The molecule has 0 aliphatic carbocycles. The van der Waals surface area contributed by atoms with Crippen LogP contribution in [0, 0.1) is 0 Å². The maximum absolute atomic E-state index is 12.2. The van der Waals surface area contributed by atoms with E-state index < -0.39 is 13.9 Å². The van der Waals surface area contributed by atoms with Gasteiger partial charge in [0.15, 0.2) is 0 Å². The van der Waals surface area contributed by atoms with Crippen LogP contribution in [0.4, 0.5) is 0 Å². The van der Waals surface area contributed by atoms with Crippen molar-refractivity contribution in [2.24, 2.45) is 0 Å². The van der Waals surface area contributed by atoms with Crippen LogP contribution in [0.25, 0.3) is 0 Å². The monoisotopic (exact) mass is 509 g/mol. The molecule has 202 valence electrons. The van der Waals surface area contributed by atoms with Crippen molar-refractivity contribution in [1.29, 1.82) is 0 Å². The van der Waals surface area contributed by atoms with Gasteiger partial charge >= 0.3 is 13.8 Å². The van der Waals surface area contributed by atoms with Crippen molar-refractivity contribution in [3.05, 3.63) is 0 Å². The van der Waals surface area contributed by atoms with Gasteiger partial charge in [0.05, 0.1) is 13.2 Å². The van der Waals surface area contributed by atoms with Crippen LogP contribution in [-0.2, 0) is 28.2 Å². The fraction of sp³-hybridized carbons (Fsp3) is 0.917. The van der Waals surface area contributed by atoms with Crippen LogP contribution >= 0.6 is 7.82 Å². The van der Waals surface area contributed by atoms with E-state index in [1.54, 1.807) is 0 Å². The summed E-state index contributed by atoms with van der Waals surface area (Å²) >= 11 is 0. The number of ether oxygens (including phenoxy) is 2. The number of esters is 1. The molecule has 10 heteroatoms. The zero-order valence-corrected chi connectivity index (χ0v) is 22.0. The molecule has 0 spiro atoms. The summed E-state index contributed by atoms with van der Waals surface area (Å²) < 4.78 is 25.6. The molecule has 0 bridgehead atoms. The van der Waals surface area contributed by atoms with E-state index in [0.29, 0.717) is 19.5 Å². The third kappa shape index (κ3) is 25.6. The maximum Gasteiger partial charge on any atom is 0.469 e. The number of carbonyl (C=O) groups is 2. The fourth-order valence-electron chi connectivity index (χ4n) is 3.59. The molecule has 9 nitrogen and oxygen atoms in total. The summed E-state index contributed by atoms with van der Waals surface area (Å²) in [6, 6.07) is 0. The normalized spacial score (nSPS) is 12.4. The van der Waals surface area contributed by atoms with Gasteiger partial charge < -0.3 is 24.6 Å². The number of carbonyl (C=O) groups excluding carboxylic acids is 2. The minimum absolute atomic E-state index is 0.284. The Hall–Kier alpha value is -0.990. The smallest absolute Gasteiger partial charge is 0.468 e. The SMILES string of the molecule is CCCCCCCCCCCC(=O)O[C@@H](CNCCCCCCCCOC=O)COP(=O)(O)O. The van der Waals surface area contributed by atoms with Gasteiger partial charge in [0, 0.05) is 13.0 Å². The zero-order chi connectivity index (χ0) is 25.3. The van der Waals surface area contributed by atoms with Crippen LogP contribution in [-0.4, -0.2) is 54.6 Å². The van der Waals surface area contributed by atoms with Crippen molar-refractivity contribution in [2.45, 2.75) is 116 Å². The lowest BCUT2D eigenvalue weighted by molar-refractivity contribution is -0.150. The van der Waals surface area contributed by atoms with Crippen LogP contribution < -0.4 is 5.32 Å². The van der Waals surface area contributed by atoms with E-state index in [1.165, 1.54) is 38.5 Å². The van der Waals surface area contributed by atoms with E-state index in [0.717, 1.165) is 64.3 Å². The molecule has 0 fully saturated rings. The van der Waals surface area contributed by atoms with Gasteiger partial charge in [-0.15, -0.1) is 0 Å². The maximum atomic E-state index is 12.2. The number of rotatable bonds is 26. The molecule has 0 aliphatic rings. The third-order valence-corrected chi connectivity index (χ3v) is 6.00. The molecule has 0 aromatic heterocycles. The van der Waals surface area contributed by atoms with Gasteiger partial charge in [-0.05, 0) is 25.8 Å². The molecule has 0 aromatic carbocycles. The number of hydrogen-bond acceptors (Lipinski definition) is 7. The summed E-state index contributed by atoms with van der Waals surface area (Å²) in [7, 11) is -4.62. The first-order valence-electron chi connectivity index (χ1n) is 13.0. The van der Waals surface area contributed by atoms with E-state index in [9.17, 15) is 14.2 Å². The molecule has 0 radical (unpaired) electrons. The highest BCUT2D eigenvalue weighted by Crippen LogP contribution is 2.35. The lowest BCUT2D eigenvalue weighted by atomic mass is 10.1. The van der Waals surface area contributed by atoms with Crippen molar-refractivity contribution in [2.75, 3.05) is 26.3 Å².